The van der Waals surface area contributed by atoms with Gasteiger partial charge >= 0.3 is 0 Å². The molecule has 1 saturated heterocycles. The first-order valence-electron chi connectivity index (χ1n) is 11.8. The number of fused-ring (bicyclic) bond motifs is 3. The lowest BCUT2D eigenvalue weighted by Gasteiger charge is -2.44. The van der Waals surface area contributed by atoms with Gasteiger partial charge in [0.1, 0.15) is 24.0 Å². The smallest absolute Gasteiger partial charge is 0.216 e. The number of rotatable bonds is 4. The predicted molar refractivity (Wildman–Crippen MR) is 125 cm³/mol. The molecule has 2 aromatic rings. The molecule has 33 heavy (non-hydrogen) atoms. The summed E-state index contributed by atoms with van der Waals surface area (Å²) in [5.41, 5.74) is 10.6. The largest absolute Gasteiger partial charge is 0.491 e. The van der Waals surface area contributed by atoms with Crippen LogP contribution in [0.25, 0.3) is 0 Å². The molecule has 1 fully saturated rings. The predicted octanol–water partition coefficient (Wildman–Crippen LogP) is 3.93. The van der Waals surface area contributed by atoms with Crippen LogP contribution >= 0.6 is 0 Å². The highest BCUT2D eigenvalue weighted by Gasteiger charge is 2.46. The summed E-state index contributed by atoms with van der Waals surface area (Å²) >= 11 is 0. The summed E-state index contributed by atoms with van der Waals surface area (Å²) in [6.45, 7) is 6.37. The summed E-state index contributed by atoms with van der Waals surface area (Å²) in [6.07, 6.45) is 4.60. The van der Waals surface area contributed by atoms with E-state index in [0.717, 1.165) is 60.4 Å². The van der Waals surface area contributed by atoms with Gasteiger partial charge < -0.3 is 25.3 Å². The molecule has 3 aliphatic rings. The van der Waals surface area contributed by atoms with E-state index < -0.39 is 5.60 Å². The fourth-order valence-electron chi connectivity index (χ4n) is 5.67. The van der Waals surface area contributed by atoms with E-state index in [1.807, 2.05) is 12.1 Å². The zero-order valence-electron chi connectivity index (χ0n) is 19.7. The van der Waals surface area contributed by atoms with Crippen molar-refractivity contribution in [3.05, 3.63) is 46.1 Å². The lowest BCUT2D eigenvalue weighted by atomic mass is 9.69. The zero-order valence-corrected chi connectivity index (χ0v) is 19.7. The van der Waals surface area contributed by atoms with E-state index >= 15 is 0 Å². The van der Waals surface area contributed by atoms with Crippen molar-refractivity contribution in [1.29, 1.82) is 5.26 Å². The van der Waals surface area contributed by atoms with Crippen LogP contribution in [0.15, 0.2) is 18.2 Å². The van der Waals surface area contributed by atoms with Gasteiger partial charge in [0.25, 0.3) is 0 Å². The molecule has 0 radical (unpaired) electrons. The molecule has 0 unspecified atom stereocenters. The molecular formula is C26H32N4O3. The Hall–Kier alpha value is -2.82. The minimum atomic E-state index is -0.620. The highest BCUT2D eigenvalue weighted by atomic mass is 16.5. The third-order valence-electron chi connectivity index (χ3n) is 7.65. The van der Waals surface area contributed by atoms with Gasteiger partial charge in [-0.25, -0.2) is 4.98 Å². The van der Waals surface area contributed by atoms with Crippen molar-refractivity contribution < 1.29 is 14.2 Å². The fourth-order valence-corrected chi connectivity index (χ4v) is 5.67. The molecule has 3 N–H and O–H groups in total. The van der Waals surface area contributed by atoms with Crippen molar-refractivity contribution in [1.82, 2.24) is 10.3 Å². The lowest BCUT2D eigenvalue weighted by Crippen LogP contribution is -2.43. The van der Waals surface area contributed by atoms with E-state index in [9.17, 15) is 5.26 Å². The highest BCUT2D eigenvalue weighted by molar-refractivity contribution is 5.63. The molecule has 0 bridgehead atoms. The second-order valence-corrected chi connectivity index (χ2v) is 9.97. The topological polar surface area (TPSA) is 102 Å². The van der Waals surface area contributed by atoms with Crippen LogP contribution in [-0.2, 0) is 23.4 Å². The second-order valence-electron chi connectivity index (χ2n) is 9.97. The lowest BCUT2D eigenvalue weighted by molar-refractivity contribution is -0.0881. The third-order valence-corrected chi connectivity index (χ3v) is 7.65. The summed E-state index contributed by atoms with van der Waals surface area (Å²) in [7, 11) is 1.62. The van der Waals surface area contributed by atoms with E-state index in [0.29, 0.717) is 42.7 Å². The molecule has 7 nitrogen and oxygen atoms in total. The van der Waals surface area contributed by atoms with Gasteiger partial charge in [0, 0.05) is 34.8 Å². The summed E-state index contributed by atoms with van der Waals surface area (Å²) in [5, 5.41) is 13.5. The van der Waals surface area contributed by atoms with Crippen LogP contribution in [0.5, 0.6) is 11.6 Å². The number of nitrogens with zero attached hydrogens (tertiary/aromatic N) is 2. The third kappa shape index (κ3) is 3.71. The SMILES string of the molecule is COc1cc(OC[C@]2(C)CCCN2)c2c(n1)C[C@]1(CC[C@H](C)c3ccc(N)c(C#N)c31)OC2. The number of anilines is 1. The molecule has 1 aromatic carbocycles. The van der Waals surface area contributed by atoms with Crippen molar-refractivity contribution in [3.63, 3.8) is 0 Å². The van der Waals surface area contributed by atoms with E-state index in [4.69, 9.17) is 24.9 Å². The molecule has 3 atom stereocenters. The molecule has 1 spiro atoms. The maximum absolute atomic E-state index is 9.95. The van der Waals surface area contributed by atoms with Gasteiger partial charge in [0.15, 0.2) is 0 Å². The first-order valence-corrected chi connectivity index (χ1v) is 11.8. The van der Waals surface area contributed by atoms with Gasteiger partial charge in [-0.15, -0.1) is 0 Å². The van der Waals surface area contributed by atoms with Gasteiger partial charge in [0.2, 0.25) is 5.88 Å². The van der Waals surface area contributed by atoms with E-state index in [1.165, 1.54) is 0 Å². The van der Waals surface area contributed by atoms with Gasteiger partial charge in [-0.05, 0) is 56.7 Å². The van der Waals surface area contributed by atoms with Gasteiger partial charge in [0.05, 0.1) is 25.0 Å². The minimum Gasteiger partial charge on any atom is -0.491 e. The van der Waals surface area contributed by atoms with Crippen molar-refractivity contribution in [2.45, 2.75) is 69.6 Å². The maximum atomic E-state index is 9.95. The molecule has 7 heteroatoms. The van der Waals surface area contributed by atoms with Crippen molar-refractivity contribution >= 4 is 5.69 Å². The zero-order chi connectivity index (χ0) is 23.2. The average molecular weight is 449 g/mol. The van der Waals surface area contributed by atoms with Crippen LogP contribution in [0, 0.1) is 11.3 Å². The highest BCUT2D eigenvalue weighted by Crippen LogP contribution is 2.51. The van der Waals surface area contributed by atoms with Crippen LogP contribution in [0.4, 0.5) is 5.69 Å². The first kappa shape index (κ1) is 22.0. The Morgan fingerprint density at radius 3 is 2.94 bits per heavy atom. The van der Waals surface area contributed by atoms with Gasteiger partial charge in [-0.3, -0.25) is 0 Å². The number of nitriles is 1. The number of nitrogens with two attached hydrogens (primary N) is 1. The Balaban J connectivity index is 1.54. The Morgan fingerprint density at radius 1 is 1.36 bits per heavy atom. The minimum absolute atomic E-state index is 0.0300. The number of nitrogens with one attached hydrogen (secondary N) is 1. The van der Waals surface area contributed by atoms with Gasteiger partial charge in [-0.1, -0.05) is 13.0 Å². The normalized spacial score (nSPS) is 28.1. The molecule has 0 amide bonds. The van der Waals surface area contributed by atoms with Crippen molar-refractivity contribution in [3.8, 4) is 17.7 Å². The monoisotopic (exact) mass is 448 g/mol. The number of ether oxygens (including phenoxy) is 3. The molecule has 0 saturated carbocycles. The van der Waals surface area contributed by atoms with Gasteiger partial charge in [-0.2, -0.15) is 5.26 Å². The molecule has 2 aliphatic heterocycles. The Kier molecular flexibility index (Phi) is 5.46. The molecule has 1 aromatic heterocycles. The Labute approximate surface area is 195 Å². The average Bonchev–Trinajstić information content (AvgIpc) is 3.26. The molecular weight excluding hydrogens is 416 g/mol. The standard InChI is InChI=1S/C26H32N4O3/c1-16-7-9-26(24-17(16)5-6-20(28)18(24)13-27)12-21-19(14-33-26)22(11-23(30-21)31-3)32-15-25(2)8-4-10-29-25/h5-6,11,16,29H,4,7-10,12,14-15,28H2,1-3H3/t16-,25-,26-/m0/s1. The summed E-state index contributed by atoms with van der Waals surface area (Å²) < 4.78 is 18.5. The van der Waals surface area contributed by atoms with Crippen LogP contribution < -0.4 is 20.5 Å². The summed E-state index contributed by atoms with van der Waals surface area (Å²) in [4.78, 5) is 4.80. The summed E-state index contributed by atoms with van der Waals surface area (Å²) in [6, 6.07) is 8.10. The number of pyridine rings is 1. The first-order chi connectivity index (χ1) is 15.9. The Bertz CT molecular complexity index is 1120. The number of nitrogen functional groups attached to an aromatic ring is 1. The van der Waals surface area contributed by atoms with Crippen LogP contribution in [0.1, 0.15) is 73.4 Å². The quantitative estimate of drug-likeness (QED) is 0.683. The maximum Gasteiger partial charge on any atom is 0.216 e. The van der Waals surface area contributed by atoms with Crippen molar-refractivity contribution in [2.75, 3.05) is 26.0 Å². The van der Waals surface area contributed by atoms with Crippen LogP contribution in [-0.4, -0.2) is 30.8 Å². The second kappa shape index (κ2) is 8.19. The van der Waals surface area contributed by atoms with Crippen LogP contribution in [0.2, 0.25) is 0 Å². The van der Waals surface area contributed by atoms with E-state index in [2.05, 4.69) is 31.3 Å². The summed E-state index contributed by atoms with van der Waals surface area (Å²) in [5.74, 6) is 1.64. The molecule has 3 heterocycles. The fraction of sp³-hybridized carbons (Fsp3) is 0.538. The Morgan fingerprint density at radius 2 is 2.21 bits per heavy atom. The molecule has 1 aliphatic carbocycles. The molecule has 5 rings (SSSR count). The van der Waals surface area contributed by atoms with Crippen LogP contribution in [0.3, 0.4) is 0 Å². The number of benzene rings is 1. The number of hydrogen-bond acceptors (Lipinski definition) is 7. The number of methoxy groups -OCH3 is 1. The number of aromatic nitrogens is 1. The van der Waals surface area contributed by atoms with Crippen molar-refractivity contribution in [2.24, 2.45) is 0 Å². The number of hydrogen-bond donors (Lipinski definition) is 2. The van der Waals surface area contributed by atoms with E-state index in [-0.39, 0.29) is 5.54 Å². The molecule has 174 valence electrons. The van der Waals surface area contributed by atoms with E-state index in [1.54, 1.807) is 7.11 Å².